The van der Waals surface area contributed by atoms with Crippen LogP contribution in [0.1, 0.15) is 23.7 Å². The molecular formula is C14H18O5. The van der Waals surface area contributed by atoms with Crippen LogP contribution in [0.5, 0.6) is 0 Å². The van der Waals surface area contributed by atoms with Crippen LogP contribution in [-0.2, 0) is 14.2 Å². The summed E-state index contributed by atoms with van der Waals surface area (Å²) in [7, 11) is 1.52. The molecule has 0 unspecified atom stereocenters. The lowest BCUT2D eigenvalue weighted by atomic mass is 10.0. The van der Waals surface area contributed by atoms with Crippen LogP contribution in [0.4, 0.5) is 0 Å². The molecule has 1 N–H and O–H groups in total. The maximum absolute atomic E-state index is 11.9. The Kier molecular flexibility index (Phi) is 4.52. The van der Waals surface area contributed by atoms with E-state index in [0.717, 1.165) is 0 Å². The van der Waals surface area contributed by atoms with E-state index >= 15 is 0 Å². The number of hydrogen-bond donors (Lipinski definition) is 1. The zero-order valence-corrected chi connectivity index (χ0v) is 11.0. The van der Waals surface area contributed by atoms with E-state index in [0.29, 0.717) is 12.0 Å². The first-order valence-electron chi connectivity index (χ1n) is 6.24. The van der Waals surface area contributed by atoms with Crippen molar-refractivity contribution in [1.82, 2.24) is 0 Å². The second kappa shape index (κ2) is 6.14. The number of ether oxygens (including phenoxy) is 3. The van der Waals surface area contributed by atoms with E-state index in [-0.39, 0.29) is 0 Å². The molecule has 5 nitrogen and oxygen atoms in total. The summed E-state index contributed by atoms with van der Waals surface area (Å²) in [6, 6.07) is 8.69. The maximum atomic E-state index is 11.9. The lowest BCUT2D eigenvalue weighted by molar-refractivity contribution is -0.236. The van der Waals surface area contributed by atoms with E-state index in [1.165, 1.54) is 7.11 Å². The van der Waals surface area contributed by atoms with Gasteiger partial charge >= 0.3 is 5.97 Å². The number of carbonyl (C=O) groups excluding carboxylic acids is 1. The smallest absolute Gasteiger partial charge is 0.338 e. The monoisotopic (exact) mass is 266 g/mol. The third-order valence-electron chi connectivity index (χ3n) is 3.18. The van der Waals surface area contributed by atoms with Gasteiger partial charge in [0.25, 0.3) is 0 Å². The predicted octanol–water partition coefficient (Wildman–Crippen LogP) is 1.35. The van der Waals surface area contributed by atoms with E-state index in [4.69, 9.17) is 14.2 Å². The molecule has 0 spiro atoms. The first-order valence-corrected chi connectivity index (χ1v) is 6.24. The first kappa shape index (κ1) is 14.0. The van der Waals surface area contributed by atoms with Gasteiger partial charge < -0.3 is 19.3 Å². The topological polar surface area (TPSA) is 65.0 Å². The van der Waals surface area contributed by atoms with Crippen molar-refractivity contribution in [2.45, 2.75) is 37.9 Å². The molecule has 1 heterocycles. The van der Waals surface area contributed by atoms with Crippen molar-refractivity contribution < 1.29 is 24.1 Å². The Hall–Kier alpha value is -1.43. The van der Waals surface area contributed by atoms with Gasteiger partial charge in [0.15, 0.2) is 6.29 Å². The second-order valence-corrected chi connectivity index (χ2v) is 4.54. The van der Waals surface area contributed by atoms with Crippen molar-refractivity contribution >= 4 is 5.97 Å². The molecule has 0 aliphatic carbocycles. The number of benzene rings is 1. The van der Waals surface area contributed by atoms with E-state index in [2.05, 4.69) is 0 Å². The number of methoxy groups -OCH3 is 1. The molecule has 1 fully saturated rings. The average Bonchev–Trinajstić information content (AvgIpc) is 2.44. The van der Waals surface area contributed by atoms with Gasteiger partial charge in [-0.3, -0.25) is 0 Å². The number of aliphatic hydroxyl groups is 1. The Morgan fingerprint density at radius 1 is 1.37 bits per heavy atom. The van der Waals surface area contributed by atoms with Crippen LogP contribution in [-0.4, -0.2) is 42.8 Å². The number of aliphatic hydroxyl groups excluding tert-OH is 1. The Morgan fingerprint density at radius 2 is 2.05 bits per heavy atom. The van der Waals surface area contributed by atoms with Crippen LogP contribution in [0.3, 0.4) is 0 Å². The standard InChI is InChI=1S/C14H18O5/c1-9-13(15)11(8-12(17-2)18-9)19-14(16)10-6-4-3-5-7-10/h3-7,9,11-13,15H,8H2,1-2H3/t9-,11-,12+,13-/m1/s1. The highest BCUT2D eigenvalue weighted by Crippen LogP contribution is 2.23. The molecular weight excluding hydrogens is 248 g/mol. The average molecular weight is 266 g/mol. The molecule has 0 radical (unpaired) electrons. The van der Waals surface area contributed by atoms with Gasteiger partial charge in [-0.05, 0) is 19.1 Å². The summed E-state index contributed by atoms with van der Waals surface area (Å²) < 4.78 is 15.8. The van der Waals surface area contributed by atoms with Crippen molar-refractivity contribution in [2.75, 3.05) is 7.11 Å². The van der Waals surface area contributed by atoms with Crippen LogP contribution in [0.15, 0.2) is 30.3 Å². The highest BCUT2D eigenvalue weighted by atomic mass is 16.7. The zero-order chi connectivity index (χ0) is 13.8. The molecule has 1 saturated heterocycles. The molecule has 0 bridgehead atoms. The van der Waals surface area contributed by atoms with Crippen LogP contribution < -0.4 is 0 Å². The molecule has 1 aliphatic rings. The van der Waals surface area contributed by atoms with E-state index in [1.54, 1.807) is 31.2 Å². The quantitative estimate of drug-likeness (QED) is 0.837. The molecule has 0 saturated carbocycles. The third-order valence-corrected chi connectivity index (χ3v) is 3.18. The van der Waals surface area contributed by atoms with Gasteiger partial charge in [0.1, 0.15) is 12.2 Å². The van der Waals surface area contributed by atoms with Gasteiger partial charge in [-0.25, -0.2) is 4.79 Å². The van der Waals surface area contributed by atoms with Gasteiger partial charge in [-0.1, -0.05) is 18.2 Å². The van der Waals surface area contributed by atoms with E-state index in [9.17, 15) is 9.90 Å². The van der Waals surface area contributed by atoms with Crippen molar-refractivity contribution in [3.8, 4) is 0 Å². The SMILES string of the molecule is CO[C@@H]1C[C@@H](OC(=O)c2ccccc2)[C@H](O)[C@@H](C)O1. The third kappa shape index (κ3) is 3.32. The maximum Gasteiger partial charge on any atom is 0.338 e. The van der Waals surface area contributed by atoms with Gasteiger partial charge in [0.2, 0.25) is 0 Å². The van der Waals surface area contributed by atoms with Gasteiger partial charge in [0.05, 0.1) is 11.7 Å². The summed E-state index contributed by atoms with van der Waals surface area (Å²) >= 11 is 0. The first-order chi connectivity index (χ1) is 9.11. The number of hydrogen-bond acceptors (Lipinski definition) is 5. The summed E-state index contributed by atoms with van der Waals surface area (Å²) in [6.07, 6.45) is -2.06. The highest BCUT2D eigenvalue weighted by Gasteiger charge is 2.37. The molecule has 0 amide bonds. The predicted molar refractivity (Wildman–Crippen MR) is 67.6 cm³/mol. The highest BCUT2D eigenvalue weighted by molar-refractivity contribution is 5.89. The van der Waals surface area contributed by atoms with Crippen LogP contribution in [0.25, 0.3) is 0 Å². The fourth-order valence-electron chi connectivity index (χ4n) is 2.06. The largest absolute Gasteiger partial charge is 0.456 e. The van der Waals surface area contributed by atoms with Crippen molar-refractivity contribution in [1.29, 1.82) is 0 Å². The van der Waals surface area contributed by atoms with Crippen molar-refractivity contribution in [2.24, 2.45) is 0 Å². The molecule has 1 aliphatic heterocycles. The number of esters is 1. The summed E-state index contributed by atoms with van der Waals surface area (Å²) in [5.41, 5.74) is 0.461. The van der Waals surface area contributed by atoms with Crippen LogP contribution in [0.2, 0.25) is 0 Å². The van der Waals surface area contributed by atoms with Crippen molar-refractivity contribution in [3.05, 3.63) is 35.9 Å². The summed E-state index contributed by atoms with van der Waals surface area (Å²) in [6.45, 7) is 1.72. The molecule has 19 heavy (non-hydrogen) atoms. The van der Waals surface area contributed by atoms with Crippen LogP contribution >= 0.6 is 0 Å². The van der Waals surface area contributed by atoms with Gasteiger partial charge in [-0.15, -0.1) is 0 Å². The summed E-state index contributed by atoms with van der Waals surface area (Å²) in [5.74, 6) is -0.450. The number of rotatable bonds is 3. The molecule has 5 heteroatoms. The van der Waals surface area contributed by atoms with E-state index in [1.807, 2.05) is 6.07 Å². The lowest BCUT2D eigenvalue weighted by Gasteiger charge is -2.36. The minimum atomic E-state index is -0.848. The Balaban J connectivity index is 2.02. The summed E-state index contributed by atoms with van der Waals surface area (Å²) in [5, 5.41) is 9.99. The fraction of sp³-hybridized carbons (Fsp3) is 0.500. The Labute approximate surface area is 112 Å². The van der Waals surface area contributed by atoms with Gasteiger partial charge in [-0.2, -0.15) is 0 Å². The second-order valence-electron chi connectivity index (χ2n) is 4.54. The van der Waals surface area contributed by atoms with Crippen LogP contribution in [0, 0.1) is 0 Å². The summed E-state index contributed by atoms with van der Waals surface area (Å²) in [4.78, 5) is 11.9. The molecule has 104 valence electrons. The molecule has 1 aromatic rings. The minimum absolute atomic E-state index is 0.320. The van der Waals surface area contributed by atoms with E-state index < -0.39 is 30.6 Å². The molecule has 0 aromatic heterocycles. The molecule has 2 rings (SSSR count). The minimum Gasteiger partial charge on any atom is -0.456 e. The lowest BCUT2D eigenvalue weighted by Crippen LogP contribution is -2.49. The normalized spacial score (nSPS) is 30.9. The Bertz CT molecular complexity index is 419. The number of carbonyl (C=O) groups is 1. The van der Waals surface area contributed by atoms with Crippen molar-refractivity contribution in [3.63, 3.8) is 0 Å². The molecule has 1 aromatic carbocycles. The Morgan fingerprint density at radius 3 is 2.68 bits per heavy atom. The molecule has 4 atom stereocenters. The fourth-order valence-corrected chi connectivity index (χ4v) is 2.06. The van der Waals surface area contributed by atoms with Gasteiger partial charge in [0, 0.05) is 13.5 Å². The zero-order valence-electron chi connectivity index (χ0n) is 11.0.